The number of nitrogens with two attached hydrogens (primary N) is 3. The standard InChI is InChI=1S/C20H35N7O7/c1-10(2)15(21)17(31)25-11(5-3-7-24-20(22)23)16(30)26-12(9-14(28)29)18(32)27-8-4-6-13(27)19(33)34/h10-13,15H,3-9,21H2,1-2H3,(H,25,31)(H,26,30)(H,28,29)(H,33,34)(H4,22,23,24). The van der Waals surface area contributed by atoms with E-state index < -0.39 is 60.2 Å². The Bertz CT molecular complexity index is 798. The Kier molecular flexibility index (Phi) is 11.2. The lowest BCUT2D eigenvalue weighted by Crippen LogP contribution is -2.58. The highest BCUT2D eigenvalue weighted by molar-refractivity contribution is 5.95. The first-order valence-electron chi connectivity index (χ1n) is 11.0. The minimum Gasteiger partial charge on any atom is -0.481 e. The Labute approximate surface area is 197 Å². The lowest BCUT2D eigenvalue weighted by Gasteiger charge is -2.28. The van der Waals surface area contributed by atoms with Gasteiger partial charge in [0.05, 0.1) is 12.5 Å². The van der Waals surface area contributed by atoms with Crippen LogP contribution in [0.3, 0.4) is 0 Å². The highest BCUT2D eigenvalue weighted by atomic mass is 16.4. The number of nitrogens with zero attached hydrogens (tertiary/aromatic N) is 2. The minimum absolute atomic E-state index is 0.0780. The Balaban J connectivity index is 3.04. The Hall–Kier alpha value is -3.42. The second kappa shape index (κ2) is 13.3. The Morgan fingerprint density at radius 2 is 1.68 bits per heavy atom. The predicted octanol–water partition coefficient (Wildman–Crippen LogP) is -2.46. The van der Waals surface area contributed by atoms with E-state index in [1.54, 1.807) is 13.8 Å². The molecule has 1 rings (SSSR count). The van der Waals surface area contributed by atoms with Gasteiger partial charge in [-0.15, -0.1) is 0 Å². The first kappa shape index (κ1) is 28.6. The van der Waals surface area contributed by atoms with E-state index in [0.717, 1.165) is 4.90 Å². The molecule has 1 fully saturated rings. The Morgan fingerprint density at radius 3 is 2.21 bits per heavy atom. The van der Waals surface area contributed by atoms with Crippen LogP contribution in [0.4, 0.5) is 0 Å². The molecule has 0 aromatic rings. The summed E-state index contributed by atoms with van der Waals surface area (Å²) >= 11 is 0. The molecule has 0 radical (unpaired) electrons. The summed E-state index contributed by atoms with van der Waals surface area (Å²) in [5, 5.41) is 23.5. The zero-order valence-corrected chi connectivity index (χ0v) is 19.4. The molecule has 14 nitrogen and oxygen atoms in total. The number of amides is 3. The van der Waals surface area contributed by atoms with Crippen molar-refractivity contribution in [2.75, 3.05) is 13.1 Å². The first-order valence-corrected chi connectivity index (χ1v) is 11.0. The van der Waals surface area contributed by atoms with Crippen molar-refractivity contribution in [3.63, 3.8) is 0 Å². The van der Waals surface area contributed by atoms with Crippen LogP contribution in [0.25, 0.3) is 0 Å². The van der Waals surface area contributed by atoms with Crippen LogP contribution < -0.4 is 27.8 Å². The summed E-state index contributed by atoms with van der Waals surface area (Å²) in [5.41, 5.74) is 16.4. The van der Waals surface area contributed by atoms with Crippen molar-refractivity contribution >= 4 is 35.6 Å². The van der Waals surface area contributed by atoms with Gasteiger partial charge >= 0.3 is 11.9 Å². The SMILES string of the molecule is CC(C)C(N)C(=O)NC(CCCN=C(N)N)C(=O)NC(CC(=O)O)C(=O)N1CCCC1C(=O)O. The molecule has 0 spiro atoms. The third kappa shape index (κ3) is 8.84. The number of carboxylic acid groups (broad SMARTS) is 2. The molecule has 0 bridgehead atoms. The number of nitrogens with one attached hydrogen (secondary N) is 2. The molecule has 1 saturated heterocycles. The molecule has 1 aliphatic heterocycles. The molecule has 0 saturated carbocycles. The Morgan fingerprint density at radius 1 is 1.06 bits per heavy atom. The summed E-state index contributed by atoms with van der Waals surface area (Å²) in [6.07, 6.45) is 0.276. The number of hydrogen-bond acceptors (Lipinski definition) is 7. The van der Waals surface area contributed by atoms with Gasteiger partial charge in [-0.1, -0.05) is 13.8 Å². The van der Waals surface area contributed by atoms with E-state index in [0.29, 0.717) is 6.42 Å². The molecule has 4 atom stereocenters. The molecule has 34 heavy (non-hydrogen) atoms. The van der Waals surface area contributed by atoms with Crippen LogP contribution in [0, 0.1) is 5.92 Å². The number of likely N-dealkylation sites (tertiary alicyclic amines) is 1. The van der Waals surface area contributed by atoms with Crippen molar-refractivity contribution in [3.8, 4) is 0 Å². The van der Waals surface area contributed by atoms with E-state index in [-0.39, 0.29) is 44.2 Å². The lowest BCUT2D eigenvalue weighted by atomic mass is 10.0. The molecular weight excluding hydrogens is 450 g/mol. The van der Waals surface area contributed by atoms with E-state index >= 15 is 0 Å². The number of guanidine groups is 1. The molecule has 192 valence electrons. The molecule has 1 heterocycles. The quantitative estimate of drug-likeness (QED) is 0.0823. The fourth-order valence-corrected chi connectivity index (χ4v) is 3.48. The normalized spacial score (nSPS) is 18.0. The fraction of sp³-hybridized carbons (Fsp3) is 0.700. The van der Waals surface area contributed by atoms with E-state index in [2.05, 4.69) is 15.6 Å². The largest absolute Gasteiger partial charge is 0.481 e. The monoisotopic (exact) mass is 485 g/mol. The van der Waals surface area contributed by atoms with Gasteiger partial charge in [0.15, 0.2) is 5.96 Å². The van der Waals surface area contributed by atoms with Gasteiger partial charge < -0.3 is 42.9 Å². The first-order chi connectivity index (χ1) is 15.8. The predicted molar refractivity (Wildman–Crippen MR) is 121 cm³/mol. The number of aliphatic carboxylic acids is 2. The summed E-state index contributed by atoms with van der Waals surface area (Å²) in [5.74, 6) is -5.14. The van der Waals surface area contributed by atoms with Crippen molar-refractivity contribution in [1.29, 1.82) is 0 Å². The maximum atomic E-state index is 13.0. The van der Waals surface area contributed by atoms with Crippen molar-refractivity contribution in [3.05, 3.63) is 0 Å². The molecular formula is C20H35N7O7. The minimum atomic E-state index is -1.51. The molecule has 0 aliphatic carbocycles. The van der Waals surface area contributed by atoms with E-state index in [1.807, 2.05) is 0 Å². The number of hydrogen-bond donors (Lipinski definition) is 7. The maximum absolute atomic E-state index is 13.0. The molecule has 10 N–H and O–H groups in total. The van der Waals surface area contributed by atoms with Gasteiger partial charge in [-0.05, 0) is 31.6 Å². The van der Waals surface area contributed by atoms with Gasteiger partial charge in [0, 0.05) is 13.1 Å². The second-order valence-electron chi connectivity index (χ2n) is 8.47. The number of rotatable bonds is 13. The van der Waals surface area contributed by atoms with Gasteiger partial charge in [-0.25, -0.2) is 4.79 Å². The van der Waals surface area contributed by atoms with Crippen molar-refractivity contribution in [1.82, 2.24) is 15.5 Å². The summed E-state index contributed by atoms with van der Waals surface area (Å²) in [7, 11) is 0. The van der Waals surface area contributed by atoms with Crippen LogP contribution in [-0.2, 0) is 24.0 Å². The number of carbonyl (C=O) groups is 5. The maximum Gasteiger partial charge on any atom is 0.326 e. The third-order valence-corrected chi connectivity index (χ3v) is 5.41. The van der Waals surface area contributed by atoms with E-state index in [9.17, 15) is 34.2 Å². The average molecular weight is 486 g/mol. The summed E-state index contributed by atoms with van der Waals surface area (Å²) in [6, 6.07) is -4.66. The smallest absolute Gasteiger partial charge is 0.326 e. The summed E-state index contributed by atoms with van der Waals surface area (Å²) in [4.78, 5) is 66.0. The molecule has 0 aromatic heterocycles. The van der Waals surface area contributed by atoms with Crippen LogP contribution >= 0.6 is 0 Å². The van der Waals surface area contributed by atoms with Crippen LogP contribution in [-0.4, -0.2) is 88.0 Å². The molecule has 4 unspecified atom stereocenters. The zero-order chi connectivity index (χ0) is 26.0. The van der Waals surface area contributed by atoms with E-state index in [4.69, 9.17) is 17.2 Å². The van der Waals surface area contributed by atoms with E-state index in [1.165, 1.54) is 0 Å². The van der Waals surface area contributed by atoms with Gasteiger partial charge in [-0.3, -0.25) is 24.2 Å². The van der Waals surface area contributed by atoms with Crippen molar-refractivity contribution in [2.45, 2.75) is 70.1 Å². The van der Waals surface area contributed by atoms with Crippen LogP contribution in [0.15, 0.2) is 4.99 Å². The molecule has 1 aliphatic rings. The van der Waals surface area contributed by atoms with Gasteiger partial charge in [0.1, 0.15) is 18.1 Å². The van der Waals surface area contributed by atoms with Gasteiger partial charge in [-0.2, -0.15) is 0 Å². The molecule has 0 aromatic carbocycles. The number of carbonyl (C=O) groups excluding carboxylic acids is 3. The van der Waals surface area contributed by atoms with Crippen LogP contribution in [0.5, 0.6) is 0 Å². The van der Waals surface area contributed by atoms with Crippen LogP contribution in [0.2, 0.25) is 0 Å². The average Bonchev–Trinajstić information content (AvgIpc) is 3.23. The fourth-order valence-electron chi connectivity index (χ4n) is 3.48. The highest BCUT2D eigenvalue weighted by Gasteiger charge is 2.39. The summed E-state index contributed by atoms with van der Waals surface area (Å²) < 4.78 is 0. The lowest BCUT2D eigenvalue weighted by molar-refractivity contribution is -0.150. The van der Waals surface area contributed by atoms with Gasteiger partial charge in [0.25, 0.3) is 0 Å². The highest BCUT2D eigenvalue weighted by Crippen LogP contribution is 2.19. The zero-order valence-electron chi connectivity index (χ0n) is 19.4. The molecule has 3 amide bonds. The second-order valence-corrected chi connectivity index (χ2v) is 8.47. The number of aliphatic imine (C=N–C) groups is 1. The van der Waals surface area contributed by atoms with Crippen LogP contribution in [0.1, 0.15) is 46.0 Å². The van der Waals surface area contributed by atoms with Crippen molar-refractivity contribution in [2.24, 2.45) is 28.1 Å². The number of carboxylic acids is 2. The topological polar surface area (TPSA) is 244 Å². The van der Waals surface area contributed by atoms with Gasteiger partial charge in [0.2, 0.25) is 17.7 Å². The van der Waals surface area contributed by atoms with Crippen molar-refractivity contribution < 1.29 is 34.2 Å². The third-order valence-electron chi connectivity index (χ3n) is 5.41. The molecule has 14 heteroatoms. The summed E-state index contributed by atoms with van der Waals surface area (Å²) in [6.45, 7) is 3.76.